The van der Waals surface area contributed by atoms with Crippen LogP contribution < -0.4 is 5.32 Å². The Morgan fingerprint density at radius 2 is 1.68 bits per heavy atom. The molecule has 2 bridgehead atoms. The SMILES string of the molecule is COC(=O)N[C@H](C(=O)N1[C@H]2CC[C@H](C2)[C@H]1c1ncc(-c2ccc(-c3ccc4c(ccc5[nH]c([C@@H]6C[Si](C)(C)CN6C(=O)OC(C)(C)C)nc54)c3)cc2)[nH]1)C(C)C. The number of amides is 3. The number of carbonyl (C=O) groups is 3. The number of ether oxygens (including phenoxy) is 2. The minimum absolute atomic E-state index is 0.0852. The molecule has 5 aromatic rings. The summed E-state index contributed by atoms with van der Waals surface area (Å²) in [5, 5.41) is 4.91. The van der Waals surface area contributed by atoms with Crippen molar-refractivity contribution >= 4 is 48.0 Å². The molecule has 1 aliphatic carbocycles. The normalized spacial score (nSPS) is 22.3. The number of nitrogens with zero attached hydrogens (tertiary/aromatic N) is 4. The minimum atomic E-state index is -1.66. The molecule has 13 heteroatoms. The van der Waals surface area contributed by atoms with E-state index in [1.54, 1.807) is 0 Å². The van der Waals surface area contributed by atoms with Gasteiger partial charge in [0.05, 0.1) is 50.2 Å². The van der Waals surface area contributed by atoms with Gasteiger partial charge in [-0.15, -0.1) is 0 Å². The standard InChI is InChI=1S/C43H53N7O5Si/c1-24(2)35(48-41(52)54-6)40(51)50-30-16-13-29(20-30)37(50)39-44-21-33(46-39)26-11-9-25(10-12-26)27-14-17-31-28(19-27)15-18-32-36(31)47-38(45-32)34-22-56(7,8)23-49(34)42(53)55-43(3,4)5/h9-12,14-15,17-19,21,24,29-30,34-35,37H,13,16,20,22-23H2,1-8H3,(H,44,46)(H,45,47)(H,48,52)/t29-,30+,34+,35+,37+/m1/s1. The maximum atomic E-state index is 13.9. The maximum Gasteiger partial charge on any atom is 0.410 e. The van der Waals surface area contributed by atoms with Gasteiger partial charge in [0.1, 0.15) is 23.3 Å². The third kappa shape index (κ3) is 7.05. The molecule has 1 saturated carbocycles. The quantitative estimate of drug-likeness (QED) is 0.140. The monoisotopic (exact) mass is 775 g/mol. The first-order chi connectivity index (χ1) is 26.6. The fourth-order valence-electron chi connectivity index (χ4n) is 9.18. The van der Waals surface area contributed by atoms with E-state index in [9.17, 15) is 14.4 Å². The molecule has 4 heterocycles. The van der Waals surface area contributed by atoms with Crippen molar-refractivity contribution in [2.45, 2.75) is 103 Å². The average Bonchev–Trinajstić information content (AvgIpc) is 4.00. The van der Waals surface area contributed by atoms with Gasteiger partial charge in [0.25, 0.3) is 0 Å². The van der Waals surface area contributed by atoms with Crippen LogP contribution >= 0.6 is 0 Å². The lowest BCUT2D eigenvalue weighted by Gasteiger charge is -2.37. The van der Waals surface area contributed by atoms with Crippen molar-refractivity contribution in [1.82, 2.24) is 35.1 Å². The molecule has 3 N–H and O–H groups in total. The van der Waals surface area contributed by atoms with Crippen molar-refractivity contribution in [3.63, 3.8) is 0 Å². The first kappa shape index (κ1) is 37.7. The summed E-state index contributed by atoms with van der Waals surface area (Å²) >= 11 is 0. The number of benzene rings is 3. The first-order valence-corrected chi connectivity index (χ1v) is 23.2. The van der Waals surface area contributed by atoms with Crippen molar-refractivity contribution in [2.75, 3.05) is 13.3 Å². The zero-order valence-electron chi connectivity index (χ0n) is 33.6. The highest BCUT2D eigenvalue weighted by atomic mass is 28.3. The van der Waals surface area contributed by atoms with Gasteiger partial charge in [-0.2, -0.15) is 0 Å². The van der Waals surface area contributed by atoms with Crippen molar-refractivity contribution in [1.29, 1.82) is 0 Å². The largest absolute Gasteiger partial charge is 0.453 e. The van der Waals surface area contributed by atoms with E-state index in [0.29, 0.717) is 5.92 Å². The highest BCUT2D eigenvalue weighted by Gasteiger charge is 2.51. The lowest BCUT2D eigenvalue weighted by atomic mass is 9.95. The second-order valence-electron chi connectivity index (χ2n) is 18.0. The molecule has 0 radical (unpaired) electrons. The van der Waals surface area contributed by atoms with Crippen LogP contribution in [0.15, 0.2) is 60.8 Å². The van der Waals surface area contributed by atoms with Crippen LogP contribution in [0.5, 0.6) is 0 Å². The Hall–Kier alpha value is -5.17. The van der Waals surface area contributed by atoms with Gasteiger partial charge in [-0.05, 0) is 92.1 Å². The Morgan fingerprint density at radius 3 is 2.39 bits per heavy atom. The third-order valence-corrected chi connectivity index (χ3v) is 14.5. The van der Waals surface area contributed by atoms with E-state index in [0.717, 1.165) is 87.3 Å². The molecule has 3 fully saturated rings. The number of aromatic amines is 2. The number of aromatic nitrogens is 4. The summed E-state index contributed by atoms with van der Waals surface area (Å²) in [6.07, 6.45) is 4.66. The van der Waals surface area contributed by atoms with Crippen LogP contribution in [-0.2, 0) is 14.3 Å². The van der Waals surface area contributed by atoms with Crippen LogP contribution in [0.3, 0.4) is 0 Å². The van der Waals surface area contributed by atoms with Gasteiger partial charge < -0.3 is 34.6 Å². The molecule has 2 saturated heterocycles. The third-order valence-electron chi connectivity index (χ3n) is 11.8. The Morgan fingerprint density at radius 1 is 0.946 bits per heavy atom. The number of nitrogens with one attached hydrogen (secondary N) is 3. The second kappa shape index (κ2) is 14.1. The van der Waals surface area contributed by atoms with E-state index in [2.05, 4.69) is 83.0 Å². The van der Waals surface area contributed by atoms with Crippen LogP contribution in [0.25, 0.3) is 44.2 Å². The highest BCUT2D eigenvalue weighted by molar-refractivity contribution is 6.78. The van der Waals surface area contributed by atoms with Crippen LogP contribution in [0.1, 0.15) is 77.6 Å². The number of methoxy groups -OCH3 is 1. The van der Waals surface area contributed by atoms with E-state index >= 15 is 0 Å². The van der Waals surface area contributed by atoms with Crippen LogP contribution in [0.2, 0.25) is 19.1 Å². The summed E-state index contributed by atoms with van der Waals surface area (Å²) in [6.45, 7) is 14.2. The number of imidazole rings is 2. The van der Waals surface area contributed by atoms with Crippen LogP contribution in [0, 0.1) is 11.8 Å². The smallest absolute Gasteiger partial charge is 0.410 e. The molecule has 294 valence electrons. The number of hydrogen-bond acceptors (Lipinski definition) is 7. The topological polar surface area (TPSA) is 146 Å². The fourth-order valence-corrected chi connectivity index (χ4v) is 12.0. The van der Waals surface area contributed by atoms with Gasteiger partial charge in [0, 0.05) is 17.6 Å². The molecule has 8 rings (SSSR count). The van der Waals surface area contributed by atoms with Gasteiger partial charge >= 0.3 is 12.2 Å². The van der Waals surface area contributed by atoms with Crippen molar-refractivity contribution in [2.24, 2.45) is 11.8 Å². The molecule has 2 aromatic heterocycles. The van der Waals surface area contributed by atoms with Gasteiger partial charge in [-0.3, -0.25) is 4.79 Å². The number of likely N-dealkylation sites (tertiary alicyclic amines) is 1. The molecule has 3 amide bonds. The van der Waals surface area contributed by atoms with Crippen molar-refractivity contribution in [3.05, 3.63) is 72.4 Å². The average molecular weight is 776 g/mol. The number of hydrogen-bond donors (Lipinski definition) is 3. The van der Waals surface area contributed by atoms with E-state index in [4.69, 9.17) is 19.4 Å². The first-order valence-electron chi connectivity index (χ1n) is 19.8. The zero-order valence-corrected chi connectivity index (χ0v) is 34.6. The predicted octanol–water partition coefficient (Wildman–Crippen LogP) is 8.75. The number of rotatable bonds is 7. The van der Waals surface area contributed by atoms with Gasteiger partial charge in [-0.25, -0.2) is 19.6 Å². The van der Waals surface area contributed by atoms with E-state index < -0.39 is 25.8 Å². The number of alkyl carbamates (subject to hydrolysis) is 1. The molecule has 56 heavy (non-hydrogen) atoms. The van der Waals surface area contributed by atoms with Gasteiger partial charge in [0.2, 0.25) is 5.91 Å². The summed E-state index contributed by atoms with van der Waals surface area (Å²) in [6, 6.07) is 19.2. The Kier molecular flexibility index (Phi) is 9.49. The zero-order chi connectivity index (χ0) is 39.7. The molecule has 3 aliphatic rings. The van der Waals surface area contributed by atoms with Crippen LogP contribution in [-0.4, -0.2) is 86.9 Å². The van der Waals surface area contributed by atoms with E-state index in [1.165, 1.54) is 7.11 Å². The van der Waals surface area contributed by atoms with Crippen molar-refractivity contribution < 1.29 is 23.9 Å². The van der Waals surface area contributed by atoms with E-state index in [-0.39, 0.29) is 36.0 Å². The molecule has 12 nitrogen and oxygen atoms in total. The molecule has 0 spiro atoms. The predicted molar refractivity (Wildman–Crippen MR) is 219 cm³/mol. The minimum Gasteiger partial charge on any atom is -0.453 e. The van der Waals surface area contributed by atoms with Crippen molar-refractivity contribution in [3.8, 4) is 22.4 Å². The number of piperidine rings is 1. The molecule has 5 atom stereocenters. The Balaban J connectivity index is 1.01. The summed E-state index contributed by atoms with van der Waals surface area (Å²) in [5.41, 5.74) is 5.38. The molecule has 2 aliphatic heterocycles. The molecular formula is C43H53N7O5Si. The summed E-state index contributed by atoms with van der Waals surface area (Å²) in [5.74, 6) is 1.74. The lowest BCUT2D eigenvalue weighted by Crippen LogP contribution is -2.54. The Labute approximate surface area is 328 Å². The summed E-state index contributed by atoms with van der Waals surface area (Å²) < 4.78 is 10.6. The van der Waals surface area contributed by atoms with Crippen LogP contribution in [0.4, 0.5) is 9.59 Å². The highest BCUT2D eigenvalue weighted by Crippen LogP contribution is 2.50. The van der Waals surface area contributed by atoms with E-state index in [1.807, 2.05) is 50.6 Å². The van der Waals surface area contributed by atoms with Gasteiger partial charge in [0.15, 0.2) is 0 Å². The van der Waals surface area contributed by atoms with Gasteiger partial charge in [-0.1, -0.05) is 69.4 Å². The second-order valence-corrected chi connectivity index (χ2v) is 23.1. The molecule has 0 unspecified atom stereocenters. The molecule has 3 aromatic carbocycles. The lowest BCUT2D eigenvalue weighted by molar-refractivity contribution is -0.139. The number of carbonyl (C=O) groups excluding carboxylic acids is 3. The fraction of sp³-hybridized carbons (Fsp3) is 0.465. The maximum absolute atomic E-state index is 13.9. The Bertz CT molecular complexity index is 2310. The summed E-state index contributed by atoms with van der Waals surface area (Å²) in [7, 11) is -0.347. The molecular weight excluding hydrogens is 723 g/mol. The number of H-pyrrole nitrogens is 2. The number of fused-ring (bicyclic) bond motifs is 5. The summed E-state index contributed by atoms with van der Waals surface area (Å²) in [4.78, 5) is 60.2.